The minimum absolute atomic E-state index is 0.0340. The highest BCUT2D eigenvalue weighted by atomic mass is 16.7. The maximum absolute atomic E-state index is 13.2. The van der Waals surface area contributed by atoms with Gasteiger partial charge >= 0.3 is 0 Å². The van der Waals surface area contributed by atoms with E-state index in [-0.39, 0.29) is 11.7 Å². The fraction of sp³-hybridized carbons (Fsp3) is 0.750. The Morgan fingerprint density at radius 2 is 1.76 bits per heavy atom. The van der Waals surface area contributed by atoms with E-state index in [4.69, 9.17) is 4.84 Å². The molecule has 1 amide bonds. The molecule has 2 spiro atoms. The van der Waals surface area contributed by atoms with E-state index in [9.17, 15) is 14.7 Å². The summed E-state index contributed by atoms with van der Waals surface area (Å²) >= 11 is 0. The van der Waals surface area contributed by atoms with Gasteiger partial charge < -0.3 is 5.11 Å². The van der Waals surface area contributed by atoms with Gasteiger partial charge in [0.15, 0.2) is 5.78 Å². The van der Waals surface area contributed by atoms with Crippen molar-refractivity contribution >= 4 is 11.7 Å². The SMILES string of the molecule is CON1C(=O)C2(CCCCC2)C(=O)[C@@]12C=C[C@@](C)(O)CC2. The summed E-state index contributed by atoms with van der Waals surface area (Å²) in [5.41, 5.74) is -2.84. The number of hydroxylamine groups is 2. The van der Waals surface area contributed by atoms with Gasteiger partial charge in [-0.3, -0.25) is 14.4 Å². The number of hydrogen-bond acceptors (Lipinski definition) is 4. The number of aliphatic hydroxyl groups is 1. The number of nitrogens with zero attached hydrogens (tertiary/aromatic N) is 1. The molecule has 1 saturated heterocycles. The van der Waals surface area contributed by atoms with E-state index in [0.717, 1.165) is 19.3 Å². The van der Waals surface area contributed by atoms with Gasteiger partial charge in [0, 0.05) is 0 Å². The van der Waals surface area contributed by atoms with E-state index < -0.39 is 16.6 Å². The second kappa shape index (κ2) is 4.65. The van der Waals surface area contributed by atoms with Crippen molar-refractivity contribution in [1.82, 2.24) is 5.06 Å². The fourth-order valence-electron chi connectivity index (χ4n) is 4.11. The third kappa shape index (κ3) is 1.90. The van der Waals surface area contributed by atoms with Gasteiger partial charge in [0.1, 0.15) is 11.0 Å². The lowest BCUT2D eigenvalue weighted by atomic mass is 9.67. The number of Topliss-reactive ketones (excluding diaryl/α,β-unsaturated/α-hetero) is 1. The summed E-state index contributed by atoms with van der Waals surface area (Å²) in [4.78, 5) is 31.3. The predicted octanol–water partition coefficient (Wildman–Crippen LogP) is 1.75. The van der Waals surface area contributed by atoms with Crippen LogP contribution < -0.4 is 0 Å². The third-order valence-corrected chi connectivity index (χ3v) is 5.40. The van der Waals surface area contributed by atoms with Crippen LogP contribution in [-0.2, 0) is 14.4 Å². The molecule has 5 heteroatoms. The summed E-state index contributed by atoms with van der Waals surface area (Å²) < 4.78 is 0. The molecule has 0 radical (unpaired) electrons. The Balaban J connectivity index is 2.05. The molecule has 2 atom stereocenters. The molecule has 2 aliphatic carbocycles. The molecule has 0 bridgehead atoms. The Bertz CT molecular complexity index is 504. The van der Waals surface area contributed by atoms with Gasteiger partial charge in [-0.05, 0) is 32.6 Å². The summed E-state index contributed by atoms with van der Waals surface area (Å²) in [6.07, 6.45) is 8.31. The lowest BCUT2D eigenvalue weighted by Gasteiger charge is -2.38. The van der Waals surface area contributed by atoms with E-state index in [1.807, 2.05) is 0 Å². The molecule has 1 N–H and O–H groups in total. The summed E-state index contributed by atoms with van der Waals surface area (Å²) in [5.74, 6) is -0.228. The molecule has 2 fully saturated rings. The van der Waals surface area contributed by atoms with Crippen molar-refractivity contribution in [1.29, 1.82) is 0 Å². The Labute approximate surface area is 124 Å². The van der Waals surface area contributed by atoms with Gasteiger partial charge in [-0.2, -0.15) is 0 Å². The molecular formula is C16H23NO4. The van der Waals surface area contributed by atoms with Crippen LogP contribution in [0.1, 0.15) is 51.9 Å². The maximum Gasteiger partial charge on any atom is 0.261 e. The molecular weight excluding hydrogens is 270 g/mol. The van der Waals surface area contributed by atoms with Crippen LogP contribution in [0.15, 0.2) is 12.2 Å². The second-order valence-corrected chi connectivity index (χ2v) is 6.87. The van der Waals surface area contributed by atoms with E-state index >= 15 is 0 Å². The first-order valence-corrected chi connectivity index (χ1v) is 7.74. The molecule has 1 saturated carbocycles. The van der Waals surface area contributed by atoms with Crippen molar-refractivity contribution in [2.24, 2.45) is 5.41 Å². The zero-order valence-electron chi connectivity index (χ0n) is 12.7. The molecule has 1 aliphatic heterocycles. The Hall–Kier alpha value is -1.20. The van der Waals surface area contributed by atoms with Gasteiger partial charge in [-0.25, -0.2) is 5.06 Å². The van der Waals surface area contributed by atoms with E-state index in [0.29, 0.717) is 25.7 Å². The molecule has 1 heterocycles. The minimum atomic E-state index is -1.02. The Kier molecular flexibility index (Phi) is 3.26. The van der Waals surface area contributed by atoms with Crippen LogP contribution in [0.2, 0.25) is 0 Å². The summed E-state index contributed by atoms with van der Waals surface area (Å²) in [5, 5.41) is 11.4. The summed E-state index contributed by atoms with van der Waals surface area (Å²) in [7, 11) is 1.44. The fourth-order valence-corrected chi connectivity index (χ4v) is 4.11. The van der Waals surface area contributed by atoms with Gasteiger partial charge in [0.05, 0.1) is 12.7 Å². The van der Waals surface area contributed by atoms with Crippen molar-refractivity contribution in [3.63, 3.8) is 0 Å². The van der Waals surface area contributed by atoms with Crippen molar-refractivity contribution in [2.45, 2.75) is 63.0 Å². The second-order valence-electron chi connectivity index (χ2n) is 6.87. The van der Waals surface area contributed by atoms with Crippen molar-refractivity contribution in [3.05, 3.63) is 12.2 Å². The first-order valence-electron chi connectivity index (χ1n) is 7.74. The third-order valence-electron chi connectivity index (χ3n) is 5.40. The summed E-state index contributed by atoms with van der Waals surface area (Å²) in [6.45, 7) is 1.71. The van der Waals surface area contributed by atoms with Gasteiger partial charge in [-0.15, -0.1) is 0 Å². The molecule has 5 nitrogen and oxygen atoms in total. The molecule has 0 aromatic rings. The van der Waals surface area contributed by atoms with Gasteiger partial charge in [0.2, 0.25) is 0 Å². The number of hydrogen-bond donors (Lipinski definition) is 1. The lowest BCUT2D eigenvalue weighted by Crippen LogP contribution is -2.51. The number of carbonyl (C=O) groups excluding carboxylic acids is 2. The largest absolute Gasteiger partial charge is 0.386 e. The molecule has 0 aromatic heterocycles. The highest BCUT2D eigenvalue weighted by Gasteiger charge is 2.66. The van der Waals surface area contributed by atoms with Gasteiger partial charge in [0.25, 0.3) is 5.91 Å². The summed E-state index contributed by atoms with van der Waals surface area (Å²) in [6, 6.07) is 0. The number of ketones is 1. The molecule has 0 aromatic carbocycles. The average Bonchev–Trinajstić information content (AvgIpc) is 2.64. The van der Waals surface area contributed by atoms with E-state index in [2.05, 4.69) is 0 Å². The molecule has 116 valence electrons. The van der Waals surface area contributed by atoms with Gasteiger partial charge in [-0.1, -0.05) is 31.4 Å². The normalized spacial score (nSPS) is 38.7. The topological polar surface area (TPSA) is 66.8 Å². The van der Waals surface area contributed by atoms with Crippen LogP contribution in [0.25, 0.3) is 0 Å². The zero-order chi connectivity index (χ0) is 15.3. The molecule has 0 unspecified atom stereocenters. The highest BCUT2D eigenvalue weighted by molar-refractivity contribution is 6.17. The smallest absolute Gasteiger partial charge is 0.261 e. The predicted molar refractivity (Wildman–Crippen MR) is 76.1 cm³/mol. The van der Waals surface area contributed by atoms with Crippen molar-refractivity contribution < 1.29 is 19.5 Å². The van der Waals surface area contributed by atoms with Crippen LogP contribution >= 0.6 is 0 Å². The van der Waals surface area contributed by atoms with Crippen LogP contribution in [0, 0.1) is 5.41 Å². The molecule has 3 rings (SSSR count). The highest BCUT2D eigenvalue weighted by Crippen LogP contribution is 2.52. The van der Waals surface area contributed by atoms with Crippen molar-refractivity contribution in [2.75, 3.05) is 7.11 Å². The first kappa shape index (κ1) is 14.7. The van der Waals surface area contributed by atoms with Crippen molar-refractivity contribution in [3.8, 4) is 0 Å². The van der Waals surface area contributed by atoms with E-state index in [1.54, 1.807) is 19.1 Å². The molecule has 21 heavy (non-hydrogen) atoms. The van der Waals surface area contributed by atoms with Crippen LogP contribution in [0.3, 0.4) is 0 Å². The first-order chi connectivity index (χ1) is 9.88. The lowest BCUT2D eigenvalue weighted by molar-refractivity contribution is -0.195. The number of carbonyl (C=O) groups is 2. The van der Waals surface area contributed by atoms with E-state index in [1.165, 1.54) is 12.2 Å². The number of rotatable bonds is 1. The quantitative estimate of drug-likeness (QED) is 0.591. The Morgan fingerprint density at radius 1 is 1.10 bits per heavy atom. The minimum Gasteiger partial charge on any atom is -0.386 e. The average molecular weight is 293 g/mol. The standard InChI is InChI=1S/C16H23NO4/c1-14(20)8-10-16(11-9-14)12(18)15(6-4-3-5-7-15)13(19)17(16)21-2/h8,10,20H,3-7,9,11H2,1-2H3/t14-,16+/m1/s1. The molecule has 3 aliphatic rings. The zero-order valence-corrected chi connectivity index (χ0v) is 12.7. The van der Waals surface area contributed by atoms with Crippen LogP contribution in [0.5, 0.6) is 0 Å². The number of amides is 1. The van der Waals surface area contributed by atoms with Crippen LogP contribution in [-0.4, -0.2) is 40.1 Å². The Morgan fingerprint density at radius 3 is 2.29 bits per heavy atom. The monoisotopic (exact) mass is 293 g/mol. The maximum atomic E-state index is 13.2. The van der Waals surface area contributed by atoms with Crippen LogP contribution in [0.4, 0.5) is 0 Å².